The fourth-order valence-electron chi connectivity index (χ4n) is 2.23. The Hall–Kier alpha value is -2.24. The van der Waals surface area contributed by atoms with Crippen molar-refractivity contribution in [3.8, 4) is 0 Å². The second-order valence-electron chi connectivity index (χ2n) is 5.52. The number of nitrogens with two attached hydrogens (primary N) is 1. The van der Waals surface area contributed by atoms with E-state index in [0.29, 0.717) is 0 Å². The van der Waals surface area contributed by atoms with Crippen molar-refractivity contribution in [2.45, 2.75) is 13.0 Å². The molecular formula is C18H18Cl2N2O3. The van der Waals surface area contributed by atoms with Gasteiger partial charge in [-0.05, 0) is 24.6 Å². The van der Waals surface area contributed by atoms with Crippen LogP contribution in [-0.2, 0) is 9.53 Å². The fraction of sp³-hybridized carbons (Fsp3) is 0.222. The zero-order valence-corrected chi connectivity index (χ0v) is 15.3. The van der Waals surface area contributed by atoms with Crippen LogP contribution in [0.1, 0.15) is 28.9 Å². The third-order valence-electron chi connectivity index (χ3n) is 3.90. The van der Waals surface area contributed by atoms with Crippen molar-refractivity contribution in [2.75, 3.05) is 19.4 Å². The van der Waals surface area contributed by atoms with Gasteiger partial charge in [-0.3, -0.25) is 4.79 Å². The predicted molar refractivity (Wildman–Crippen MR) is 98.8 cm³/mol. The molecule has 132 valence electrons. The average Bonchev–Trinajstić information content (AvgIpc) is 2.61. The lowest BCUT2D eigenvalue weighted by atomic mass is 10.1. The molecule has 7 heteroatoms. The Bertz CT molecular complexity index is 781. The molecule has 0 bridgehead atoms. The number of hydrogen-bond donors (Lipinski definition) is 1. The Morgan fingerprint density at radius 1 is 1.20 bits per heavy atom. The Morgan fingerprint density at radius 2 is 1.84 bits per heavy atom. The summed E-state index contributed by atoms with van der Waals surface area (Å²) >= 11 is 11.8. The lowest BCUT2D eigenvalue weighted by Gasteiger charge is -2.25. The number of amides is 1. The van der Waals surface area contributed by atoms with Crippen LogP contribution in [0.5, 0.6) is 0 Å². The molecule has 2 aromatic carbocycles. The molecule has 0 saturated heterocycles. The summed E-state index contributed by atoms with van der Waals surface area (Å²) in [5, 5.41) is 0.410. The first-order valence-corrected chi connectivity index (χ1v) is 8.29. The van der Waals surface area contributed by atoms with Crippen molar-refractivity contribution in [3.05, 3.63) is 63.6 Å². The summed E-state index contributed by atoms with van der Waals surface area (Å²) in [7, 11) is 1.65. The molecule has 0 spiro atoms. The molecule has 0 heterocycles. The Morgan fingerprint density at radius 3 is 2.48 bits per heavy atom. The number of rotatable bonds is 5. The first kappa shape index (κ1) is 19.1. The molecule has 0 aliphatic heterocycles. The van der Waals surface area contributed by atoms with E-state index in [1.807, 2.05) is 37.3 Å². The highest BCUT2D eigenvalue weighted by molar-refractivity contribution is 6.37. The van der Waals surface area contributed by atoms with E-state index in [2.05, 4.69) is 0 Å². The number of nitrogens with zero attached hydrogens (tertiary/aromatic N) is 1. The van der Waals surface area contributed by atoms with Crippen molar-refractivity contribution in [1.29, 1.82) is 0 Å². The van der Waals surface area contributed by atoms with Crippen LogP contribution in [0, 0.1) is 0 Å². The summed E-state index contributed by atoms with van der Waals surface area (Å²) < 4.78 is 5.06. The van der Waals surface area contributed by atoms with E-state index in [1.165, 1.54) is 17.0 Å². The lowest BCUT2D eigenvalue weighted by molar-refractivity contribution is -0.135. The number of carbonyl (C=O) groups is 2. The van der Waals surface area contributed by atoms with E-state index in [-0.39, 0.29) is 33.2 Å². The van der Waals surface area contributed by atoms with Crippen molar-refractivity contribution in [3.63, 3.8) is 0 Å². The Labute approximate surface area is 156 Å². The van der Waals surface area contributed by atoms with Crippen LogP contribution in [0.4, 0.5) is 5.69 Å². The van der Waals surface area contributed by atoms with Gasteiger partial charge >= 0.3 is 5.97 Å². The molecule has 1 unspecified atom stereocenters. The maximum Gasteiger partial charge on any atom is 0.340 e. The van der Waals surface area contributed by atoms with Gasteiger partial charge in [0.15, 0.2) is 6.61 Å². The van der Waals surface area contributed by atoms with Crippen molar-refractivity contribution >= 4 is 40.8 Å². The number of anilines is 1. The third kappa shape index (κ3) is 4.65. The molecule has 1 amide bonds. The molecule has 0 aliphatic carbocycles. The summed E-state index contributed by atoms with van der Waals surface area (Å²) in [5.41, 5.74) is 6.83. The maximum atomic E-state index is 12.3. The molecule has 2 rings (SSSR count). The van der Waals surface area contributed by atoms with E-state index < -0.39 is 12.6 Å². The number of nitrogen functional groups attached to an aromatic ring is 1. The predicted octanol–water partition coefficient (Wildman–Crippen LogP) is 3.95. The van der Waals surface area contributed by atoms with Crippen LogP contribution in [0.2, 0.25) is 10.0 Å². The van der Waals surface area contributed by atoms with E-state index in [4.69, 9.17) is 33.7 Å². The zero-order valence-electron chi connectivity index (χ0n) is 13.8. The summed E-state index contributed by atoms with van der Waals surface area (Å²) in [6.45, 7) is 1.49. The molecule has 0 aliphatic rings. The first-order valence-electron chi connectivity index (χ1n) is 7.53. The molecule has 2 aromatic rings. The SMILES string of the molecule is CC(c1ccccc1)N(C)C(=O)COC(=O)c1cc(Cl)cc(Cl)c1N. The monoisotopic (exact) mass is 380 g/mol. The maximum absolute atomic E-state index is 12.3. The molecule has 0 fully saturated rings. The first-order chi connectivity index (χ1) is 11.8. The van der Waals surface area contributed by atoms with Gasteiger partial charge in [-0.2, -0.15) is 0 Å². The quantitative estimate of drug-likeness (QED) is 0.629. The van der Waals surface area contributed by atoms with Crippen molar-refractivity contribution in [1.82, 2.24) is 4.90 Å². The molecule has 0 radical (unpaired) electrons. The van der Waals surface area contributed by atoms with E-state index in [9.17, 15) is 9.59 Å². The molecule has 5 nitrogen and oxygen atoms in total. The normalized spacial score (nSPS) is 11.7. The molecule has 25 heavy (non-hydrogen) atoms. The number of carbonyl (C=O) groups excluding carboxylic acids is 2. The summed E-state index contributed by atoms with van der Waals surface area (Å²) in [4.78, 5) is 25.9. The highest BCUT2D eigenvalue weighted by Gasteiger charge is 2.20. The van der Waals surface area contributed by atoms with Gasteiger partial charge in [0, 0.05) is 12.1 Å². The van der Waals surface area contributed by atoms with E-state index in [1.54, 1.807) is 7.05 Å². The molecule has 1 atom stereocenters. The van der Waals surface area contributed by atoms with Crippen molar-refractivity contribution in [2.24, 2.45) is 0 Å². The summed E-state index contributed by atoms with van der Waals surface area (Å²) in [6, 6.07) is 12.2. The van der Waals surface area contributed by atoms with Crippen LogP contribution < -0.4 is 5.73 Å². The van der Waals surface area contributed by atoms with Gasteiger partial charge in [-0.1, -0.05) is 53.5 Å². The van der Waals surface area contributed by atoms with Crippen LogP contribution in [-0.4, -0.2) is 30.4 Å². The minimum atomic E-state index is -0.754. The van der Waals surface area contributed by atoms with Crippen LogP contribution >= 0.6 is 23.2 Å². The number of likely N-dealkylation sites (N-methyl/N-ethyl adjacent to an activating group) is 1. The number of benzene rings is 2. The van der Waals surface area contributed by atoms with Crippen LogP contribution in [0.3, 0.4) is 0 Å². The van der Waals surface area contributed by atoms with Gasteiger partial charge in [0.2, 0.25) is 0 Å². The van der Waals surface area contributed by atoms with Gasteiger partial charge in [-0.15, -0.1) is 0 Å². The Kier molecular flexibility index (Phi) is 6.28. The smallest absolute Gasteiger partial charge is 0.340 e. The number of halogens is 2. The van der Waals surface area contributed by atoms with Gasteiger partial charge in [0.1, 0.15) is 0 Å². The second-order valence-corrected chi connectivity index (χ2v) is 6.36. The molecule has 0 aromatic heterocycles. The van der Waals surface area contributed by atoms with Gasteiger partial charge in [0.05, 0.1) is 22.3 Å². The minimum Gasteiger partial charge on any atom is -0.452 e. The molecular weight excluding hydrogens is 363 g/mol. The number of ether oxygens (including phenoxy) is 1. The number of hydrogen-bond acceptors (Lipinski definition) is 4. The molecule has 0 saturated carbocycles. The number of esters is 1. The average molecular weight is 381 g/mol. The van der Waals surface area contributed by atoms with Crippen molar-refractivity contribution < 1.29 is 14.3 Å². The van der Waals surface area contributed by atoms with E-state index >= 15 is 0 Å². The minimum absolute atomic E-state index is 0.0315. The third-order valence-corrected chi connectivity index (χ3v) is 4.43. The Balaban J connectivity index is 2.01. The van der Waals surface area contributed by atoms with Gasteiger partial charge in [0.25, 0.3) is 5.91 Å². The topological polar surface area (TPSA) is 72.6 Å². The second kappa shape index (κ2) is 8.23. The van der Waals surface area contributed by atoms with Crippen LogP contribution in [0.15, 0.2) is 42.5 Å². The van der Waals surface area contributed by atoms with E-state index in [0.717, 1.165) is 5.56 Å². The zero-order chi connectivity index (χ0) is 18.6. The highest BCUT2D eigenvalue weighted by Crippen LogP contribution is 2.28. The summed E-state index contributed by atoms with van der Waals surface area (Å²) in [5.74, 6) is -1.09. The highest BCUT2D eigenvalue weighted by atomic mass is 35.5. The standard InChI is InChI=1S/C18H18Cl2N2O3/c1-11(12-6-4-3-5-7-12)22(2)16(23)10-25-18(24)14-8-13(19)9-15(20)17(14)21/h3-9,11H,10,21H2,1-2H3. The summed E-state index contributed by atoms with van der Waals surface area (Å²) in [6.07, 6.45) is 0. The largest absolute Gasteiger partial charge is 0.452 e. The van der Waals surface area contributed by atoms with Gasteiger partial charge in [-0.25, -0.2) is 4.79 Å². The molecule has 2 N–H and O–H groups in total. The lowest BCUT2D eigenvalue weighted by Crippen LogP contribution is -2.33. The fourth-order valence-corrected chi connectivity index (χ4v) is 2.73. The van der Waals surface area contributed by atoms with Crippen LogP contribution in [0.25, 0.3) is 0 Å². The van der Waals surface area contributed by atoms with Gasteiger partial charge < -0.3 is 15.4 Å².